The number of hydrogen-bond donors (Lipinski definition) is 0. The Kier molecular flexibility index (Phi) is 6.24. The monoisotopic (exact) mass is 323 g/mol. The predicted molar refractivity (Wildman–Crippen MR) is 79.0 cm³/mol. The number of carbonyl (C=O) groups is 1. The van der Waals surface area contributed by atoms with Crippen molar-refractivity contribution in [3.8, 4) is 0 Å². The van der Waals surface area contributed by atoms with E-state index >= 15 is 0 Å². The lowest BCUT2D eigenvalue weighted by atomic mass is 10.1. The lowest BCUT2D eigenvalue weighted by Gasteiger charge is -2.25. The van der Waals surface area contributed by atoms with Crippen LogP contribution in [0, 0.1) is 0 Å². The second kappa shape index (κ2) is 7.22. The highest BCUT2D eigenvalue weighted by Crippen LogP contribution is 2.26. The number of hydrogen-bond acceptors (Lipinski definition) is 2. The Bertz CT molecular complexity index is 406. The van der Waals surface area contributed by atoms with Crippen LogP contribution in [0.15, 0.2) is 30.3 Å². The minimum Gasteiger partial charge on any atom is -0.445 e. The maximum atomic E-state index is 11.7. The van der Waals surface area contributed by atoms with Crippen LogP contribution < -0.4 is 0 Å². The molecule has 0 aromatic heterocycles. The fraction of sp³-hybridized carbons (Fsp3) is 0.462. The van der Waals surface area contributed by atoms with Gasteiger partial charge in [0.2, 0.25) is 3.79 Å². The Morgan fingerprint density at radius 1 is 1.32 bits per heavy atom. The van der Waals surface area contributed by atoms with E-state index in [1.165, 1.54) is 4.90 Å². The molecule has 19 heavy (non-hydrogen) atoms. The van der Waals surface area contributed by atoms with Crippen LogP contribution in [0.5, 0.6) is 0 Å². The first-order valence-electron chi connectivity index (χ1n) is 5.80. The molecule has 6 heteroatoms. The molecule has 0 spiro atoms. The molecule has 1 unspecified atom stereocenters. The highest BCUT2D eigenvalue weighted by atomic mass is 35.6. The SMILES string of the molecule is CC(Cc1ccccc1)N(C)C(=O)OCC(Cl)(Cl)Cl. The zero-order valence-electron chi connectivity index (χ0n) is 10.8. The van der Waals surface area contributed by atoms with Crippen molar-refractivity contribution < 1.29 is 9.53 Å². The number of halogens is 3. The summed E-state index contributed by atoms with van der Waals surface area (Å²) in [6, 6.07) is 9.89. The summed E-state index contributed by atoms with van der Waals surface area (Å²) < 4.78 is 3.33. The van der Waals surface area contributed by atoms with Crippen LogP contribution in [-0.4, -0.2) is 34.5 Å². The van der Waals surface area contributed by atoms with Gasteiger partial charge in [0.05, 0.1) is 0 Å². The summed E-state index contributed by atoms with van der Waals surface area (Å²) in [5.74, 6) is 0. The second-order valence-electron chi connectivity index (χ2n) is 4.32. The molecule has 0 N–H and O–H groups in total. The number of carbonyl (C=O) groups excluding carboxylic acids is 1. The predicted octanol–water partition coefficient (Wildman–Crippen LogP) is 4.06. The van der Waals surface area contributed by atoms with E-state index in [-0.39, 0.29) is 12.6 Å². The van der Waals surface area contributed by atoms with Gasteiger partial charge in [-0.1, -0.05) is 65.1 Å². The Morgan fingerprint density at radius 3 is 2.42 bits per heavy atom. The van der Waals surface area contributed by atoms with Gasteiger partial charge in [0.1, 0.15) is 6.61 Å². The van der Waals surface area contributed by atoms with Crippen molar-refractivity contribution in [1.29, 1.82) is 0 Å². The molecule has 1 aromatic rings. The van der Waals surface area contributed by atoms with E-state index in [0.717, 1.165) is 12.0 Å². The Balaban J connectivity index is 2.48. The van der Waals surface area contributed by atoms with Gasteiger partial charge < -0.3 is 9.64 Å². The standard InChI is InChI=1S/C13H16Cl3NO2/c1-10(8-11-6-4-3-5-7-11)17(2)12(18)19-9-13(14,15)16/h3-7,10H,8-9H2,1-2H3. The fourth-order valence-electron chi connectivity index (χ4n) is 1.52. The second-order valence-corrected chi connectivity index (χ2v) is 6.84. The van der Waals surface area contributed by atoms with Gasteiger partial charge in [-0.3, -0.25) is 0 Å². The number of alkyl halides is 3. The smallest absolute Gasteiger partial charge is 0.409 e. The summed E-state index contributed by atoms with van der Waals surface area (Å²) in [6.07, 6.45) is 0.231. The largest absolute Gasteiger partial charge is 0.445 e. The van der Waals surface area contributed by atoms with Gasteiger partial charge in [0, 0.05) is 13.1 Å². The number of ether oxygens (including phenoxy) is 1. The molecule has 0 saturated carbocycles. The van der Waals surface area contributed by atoms with E-state index in [1.54, 1.807) is 7.05 Å². The van der Waals surface area contributed by atoms with E-state index in [4.69, 9.17) is 39.5 Å². The summed E-state index contributed by atoms with van der Waals surface area (Å²) in [5, 5.41) is 0. The van der Waals surface area contributed by atoms with Crippen LogP contribution >= 0.6 is 34.8 Å². The molecule has 1 aromatic carbocycles. The van der Waals surface area contributed by atoms with Gasteiger partial charge in [-0.2, -0.15) is 0 Å². The van der Waals surface area contributed by atoms with E-state index in [2.05, 4.69) is 0 Å². The lowest BCUT2D eigenvalue weighted by Crippen LogP contribution is -2.38. The van der Waals surface area contributed by atoms with E-state index in [1.807, 2.05) is 37.3 Å². The summed E-state index contributed by atoms with van der Waals surface area (Å²) in [6.45, 7) is 1.67. The number of amides is 1. The third kappa shape index (κ3) is 6.37. The highest BCUT2D eigenvalue weighted by molar-refractivity contribution is 6.67. The Labute approximate surface area is 128 Å². The topological polar surface area (TPSA) is 29.5 Å². The number of rotatable bonds is 4. The van der Waals surface area contributed by atoms with Crippen LogP contribution in [0.4, 0.5) is 4.79 Å². The molecule has 106 valence electrons. The summed E-state index contributed by atoms with van der Waals surface area (Å²) >= 11 is 16.6. The Hall–Kier alpha value is -0.640. The van der Waals surface area contributed by atoms with Crippen molar-refractivity contribution in [2.45, 2.75) is 23.2 Å². The molecular weight excluding hydrogens is 309 g/mol. The average molecular weight is 325 g/mol. The molecule has 0 fully saturated rings. The third-order valence-electron chi connectivity index (χ3n) is 2.68. The molecule has 0 saturated heterocycles. The number of benzene rings is 1. The lowest BCUT2D eigenvalue weighted by molar-refractivity contribution is 0.101. The van der Waals surface area contributed by atoms with Gasteiger partial charge in [-0.25, -0.2) is 4.79 Å². The molecule has 0 aliphatic rings. The van der Waals surface area contributed by atoms with Gasteiger partial charge in [0.25, 0.3) is 0 Å². The van der Waals surface area contributed by atoms with Crippen molar-refractivity contribution in [1.82, 2.24) is 4.90 Å². The van der Waals surface area contributed by atoms with Crippen molar-refractivity contribution in [2.75, 3.05) is 13.7 Å². The first-order chi connectivity index (χ1) is 8.79. The van der Waals surface area contributed by atoms with E-state index < -0.39 is 9.89 Å². The maximum Gasteiger partial charge on any atom is 0.409 e. The van der Waals surface area contributed by atoms with Crippen LogP contribution in [0.2, 0.25) is 0 Å². The van der Waals surface area contributed by atoms with Crippen molar-refractivity contribution in [3.05, 3.63) is 35.9 Å². The van der Waals surface area contributed by atoms with Gasteiger partial charge in [-0.15, -0.1) is 0 Å². The molecule has 0 bridgehead atoms. The molecule has 1 rings (SSSR count). The molecule has 1 atom stereocenters. The molecule has 0 aliphatic carbocycles. The van der Waals surface area contributed by atoms with Crippen LogP contribution in [0.3, 0.4) is 0 Å². The van der Waals surface area contributed by atoms with Crippen molar-refractivity contribution in [2.24, 2.45) is 0 Å². The van der Waals surface area contributed by atoms with Crippen molar-refractivity contribution >= 4 is 40.9 Å². The normalized spacial score (nSPS) is 12.9. The van der Waals surface area contributed by atoms with Crippen molar-refractivity contribution in [3.63, 3.8) is 0 Å². The summed E-state index contributed by atoms with van der Waals surface area (Å²) in [7, 11) is 1.66. The average Bonchev–Trinajstić information content (AvgIpc) is 2.35. The fourth-order valence-corrected chi connectivity index (χ4v) is 1.68. The van der Waals surface area contributed by atoms with Crippen LogP contribution in [-0.2, 0) is 11.2 Å². The van der Waals surface area contributed by atoms with E-state index in [9.17, 15) is 4.79 Å². The number of likely N-dealkylation sites (N-methyl/N-ethyl adjacent to an activating group) is 1. The van der Waals surface area contributed by atoms with Gasteiger partial charge >= 0.3 is 6.09 Å². The van der Waals surface area contributed by atoms with Crippen LogP contribution in [0.1, 0.15) is 12.5 Å². The van der Waals surface area contributed by atoms with Crippen LogP contribution in [0.25, 0.3) is 0 Å². The first-order valence-corrected chi connectivity index (χ1v) is 6.93. The first kappa shape index (κ1) is 16.4. The summed E-state index contributed by atoms with van der Waals surface area (Å²) in [5.41, 5.74) is 1.15. The molecular formula is C13H16Cl3NO2. The summed E-state index contributed by atoms with van der Waals surface area (Å²) in [4.78, 5) is 13.2. The van der Waals surface area contributed by atoms with E-state index in [0.29, 0.717) is 0 Å². The quantitative estimate of drug-likeness (QED) is 0.782. The molecule has 3 nitrogen and oxygen atoms in total. The molecule has 0 radical (unpaired) electrons. The van der Waals surface area contributed by atoms with Gasteiger partial charge in [-0.05, 0) is 18.9 Å². The molecule has 0 heterocycles. The minimum absolute atomic E-state index is 0.00900. The third-order valence-corrected chi connectivity index (χ3v) is 3.01. The Morgan fingerprint density at radius 2 is 1.89 bits per heavy atom. The molecule has 1 amide bonds. The molecule has 0 aliphatic heterocycles. The zero-order chi connectivity index (χ0) is 14.5. The maximum absolute atomic E-state index is 11.7. The van der Waals surface area contributed by atoms with Gasteiger partial charge in [0.15, 0.2) is 0 Å². The zero-order valence-corrected chi connectivity index (χ0v) is 13.0. The minimum atomic E-state index is -1.58. The highest BCUT2D eigenvalue weighted by Gasteiger charge is 2.24. The number of nitrogens with zero attached hydrogens (tertiary/aromatic N) is 1.